The summed E-state index contributed by atoms with van der Waals surface area (Å²) in [7, 11) is 0. The van der Waals surface area contributed by atoms with E-state index >= 15 is 0 Å². The molecule has 2 aromatic rings. The maximum atomic E-state index is 13.0. The van der Waals surface area contributed by atoms with Crippen LogP contribution in [0.5, 0.6) is 0 Å². The average Bonchev–Trinajstić information content (AvgIpc) is 2.60. The third-order valence-corrected chi connectivity index (χ3v) is 4.36. The standard InChI is InChI=1S/C20H21FN2O/c1-3-22-15(2)14-23(19-7-5-4-6-18(19)22)20(24)13-10-16-8-11-17(21)12-9-16/h4-13,15H,3,14H2,1-2H3/b13-10+. The van der Waals surface area contributed by atoms with Gasteiger partial charge in [0.25, 0.3) is 5.91 Å². The van der Waals surface area contributed by atoms with Gasteiger partial charge in [-0.2, -0.15) is 0 Å². The van der Waals surface area contributed by atoms with Crippen molar-refractivity contribution in [2.45, 2.75) is 19.9 Å². The molecule has 1 unspecified atom stereocenters. The minimum absolute atomic E-state index is 0.0608. The molecule has 0 bridgehead atoms. The molecule has 1 aliphatic rings. The molecule has 0 aliphatic carbocycles. The summed E-state index contributed by atoms with van der Waals surface area (Å²) in [6, 6.07) is 14.3. The van der Waals surface area contributed by atoms with Crippen LogP contribution in [0.25, 0.3) is 6.08 Å². The van der Waals surface area contributed by atoms with Crippen molar-refractivity contribution in [1.82, 2.24) is 0 Å². The number of likely N-dealkylation sites (N-methyl/N-ethyl adjacent to an activating group) is 1. The quantitative estimate of drug-likeness (QED) is 0.794. The van der Waals surface area contributed by atoms with Gasteiger partial charge in [0.05, 0.1) is 11.4 Å². The first-order valence-corrected chi connectivity index (χ1v) is 8.21. The number of para-hydroxylation sites is 2. The predicted octanol–water partition coefficient (Wildman–Crippen LogP) is 4.10. The van der Waals surface area contributed by atoms with E-state index in [1.165, 1.54) is 12.1 Å². The molecule has 0 saturated heterocycles. The zero-order chi connectivity index (χ0) is 17.1. The second kappa shape index (κ2) is 6.87. The third-order valence-electron chi connectivity index (χ3n) is 4.36. The van der Waals surface area contributed by atoms with Crippen LogP contribution in [0.2, 0.25) is 0 Å². The maximum absolute atomic E-state index is 13.0. The van der Waals surface area contributed by atoms with Gasteiger partial charge in [0.1, 0.15) is 5.82 Å². The van der Waals surface area contributed by atoms with Crippen molar-refractivity contribution in [3.05, 3.63) is 66.0 Å². The molecule has 1 heterocycles. The third kappa shape index (κ3) is 3.18. The first-order valence-electron chi connectivity index (χ1n) is 8.21. The number of benzene rings is 2. The van der Waals surface area contributed by atoms with Gasteiger partial charge in [-0.05, 0) is 49.8 Å². The van der Waals surface area contributed by atoms with E-state index in [2.05, 4.69) is 24.8 Å². The van der Waals surface area contributed by atoms with Gasteiger partial charge in [0.2, 0.25) is 0 Å². The van der Waals surface area contributed by atoms with Crippen molar-refractivity contribution in [3.8, 4) is 0 Å². The summed E-state index contributed by atoms with van der Waals surface area (Å²) in [6.07, 6.45) is 3.28. The summed E-state index contributed by atoms with van der Waals surface area (Å²) in [5, 5.41) is 0. The number of nitrogens with zero attached hydrogens (tertiary/aromatic N) is 2. The topological polar surface area (TPSA) is 23.6 Å². The minimum atomic E-state index is -0.281. The Hall–Kier alpha value is -2.62. The second-order valence-electron chi connectivity index (χ2n) is 5.96. The molecule has 2 aromatic carbocycles. The van der Waals surface area contributed by atoms with E-state index in [9.17, 15) is 9.18 Å². The smallest absolute Gasteiger partial charge is 0.251 e. The van der Waals surface area contributed by atoms with E-state index in [1.807, 2.05) is 23.1 Å². The lowest BCUT2D eigenvalue weighted by atomic mass is 10.1. The summed E-state index contributed by atoms with van der Waals surface area (Å²) in [5.41, 5.74) is 2.83. The van der Waals surface area contributed by atoms with Gasteiger partial charge in [-0.15, -0.1) is 0 Å². The number of amides is 1. The molecule has 1 aliphatic heterocycles. The molecule has 0 radical (unpaired) electrons. The Morgan fingerprint density at radius 3 is 2.50 bits per heavy atom. The van der Waals surface area contributed by atoms with E-state index in [4.69, 9.17) is 0 Å². The molecule has 124 valence electrons. The molecule has 0 saturated carbocycles. The van der Waals surface area contributed by atoms with Crippen LogP contribution in [0.15, 0.2) is 54.6 Å². The van der Waals surface area contributed by atoms with Gasteiger partial charge < -0.3 is 9.80 Å². The number of rotatable bonds is 3. The van der Waals surface area contributed by atoms with Gasteiger partial charge in [0, 0.05) is 25.2 Å². The number of carbonyl (C=O) groups excluding carboxylic acids is 1. The Labute approximate surface area is 142 Å². The summed E-state index contributed by atoms with van der Waals surface area (Å²) >= 11 is 0. The SMILES string of the molecule is CCN1c2ccccc2N(C(=O)/C=C/c2ccc(F)cc2)CC1C. The number of anilines is 2. The first kappa shape index (κ1) is 16.2. The Balaban J connectivity index is 1.85. The molecule has 24 heavy (non-hydrogen) atoms. The highest BCUT2D eigenvalue weighted by atomic mass is 19.1. The zero-order valence-electron chi connectivity index (χ0n) is 13.9. The van der Waals surface area contributed by atoms with Crippen LogP contribution in [-0.2, 0) is 4.79 Å². The molecule has 1 atom stereocenters. The fourth-order valence-corrected chi connectivity index (χ4v) is 3.16. The average molecular weight is 324 g/mol. The predicted molar refractivity (Wildman–Crippen MR) is 96.7 cm³/mol. The largest absolute Gasteiger partial charge is 0.366 e. The molecule has 3 rings (SSSR count). The van der Waals surface area contributed by atoms with Crippen LogP contribution in [0.3, 0.4) is 0 Å². The van der Waals surface area contributed by atoms with Gasteiger partial charge in [-0.3, -0.25) is 4.79 Å². The van der Waals surface area contributed by atoms with E-state index in [0.29, 0.717) is 6.54 Å². The van der Waals surface area contributed by atoms with Crippen LogP contribution in [0.4, 0.5) is 15.8 Å². The monoisotopic (exact) mass is 324 g/mol. The van der Waals surface area contributed by atoms with Crippen molar-refractivity contribution in [1.29, 1.82) is 0 Å². The summed E-state index contributed by atoms with van der Waals surface area (Å²) < 4.78 is 13.0. The van der Waals surface area contributed by atoms with E-state index in [-0.39, 0.29) is 17.8 Å². The Kier molecular flexibility index (Phi) is 4.65. The molecule has 3 nitrogen and oxygen atoms in total. The second-order valence-corrected chi connectivity index (χ2v) is 5.96. The van der Waals surface area contributed by atoms with Gasteiger partial charge in [-0.1, -0.05) is 24.3 Å². The molecule has 1 amide bonds. The van der Waals surface area contributed by atoms with Crippen LogP contribution < -0.4 is 9.80 Å². The van der Waals surface area contributed by atoms with Crippen molar-refractivity contribution in [2.75, 3.05) is 22.9 Å². The number of carbonyl (C=O) groups is 1. The van der Waals surface area contributed by atoms with Crippen molar-refractivity contribution in [2.24, 2.45) is 0 Å². The normalized spacial score (nSPS) is 17.2. The summed E-state index contributed by atoms with van der Waals surface area (Å²) in [4.78, 5) is 16.8. The Morgan fingerprint density at radius 2 is 1.83 bits per heavy atom. The highest BCUT2D eigenvalue weighted by Gasteiger charge is 2.29. The number of hydrogen-bond acceptors (Lipinski definition) is 2. The zero-order valence-corrected chi connectivity index (χ0v) is 13.9. The van der Waals surface area contributed by atoms with E-state index in [1.54, 1.807) is 24.3 Å². The van der Waals surface area contributed by atoms with Gasteiger partial charge >= 0.3 is 0 Å². The fraction of sp³-hybridized carbons (Fsp3) is 0.250. The van der Waals surface area contributed by atoms with E-state index < -0.39 is 0 Å². The molecule has 0 aromatic heterocycles. The van der Waals surface area contributed by atoms with Crippen molar-refractivity contribution in [3.63, 3.8) is 0 Å². The lowest BCUT2D eigenvalue weighted by Crippen LogP contribution is -2.49. The molecular weight excluding hydrogens is 303 g/mol. The van der Waals surface area contributed by atoms with E-state index in [0.717, 1.165) is 23.5 Å². The fourth-order valence-electron chi connectivity index (χ4n) is 3.16. The van der Waals surface area contributed by atoms with Crippen LogP contribution >= 0.6 is 0 Å². The maximum Gasteiger partial charge on any atom is 0.251 e. The van der Waals surface area contributed by atoms with Crippen LogP contribution in [0.1, 0.15) is 19.4 Å². The Morgan fingerprint density at radius 1 is 1.17 bits per heavy atom. The first-order chi connectivity index (χ1) is 11.6. The summed E-state index contributed by atoms with van der Waals surface area (Å²) in [5.74, 6) is -0.341. The number of fused-ring (bicyclic) bond motifs is 1. The van der Waals surface area contributed by atoms with Gasteiger partial charge in [-0.25, -0.2) is 4.39 Å². The highest BCUT2D eigenvalue weighted by molar-refractivity contribution is 6.06. The molecule has 0 N–H and O–H groups in total. The lowest BCUT2D eigenvalue weighted by molar-refractivity contribution is -0.114. The van der Waals surface area contributed by atoms with Crippen molar-refractivity contribution < 1.29 is 9.18 Å². The van der Waals surface area contributed by atoms with Crippen LogP contribution in [0, 0.1) is 5.82 Å². The van der Waals surface area contributed by atoms with Crippen molar-refractivity contribution >= 4 is 23.4 Å². The Bertz CT molecular complexity index is 754. The molecule has 4 heteroatoms. The molecule has 0 spiro atoms. The highest BCUT2D eigenvalue weighted by Crippen LogP contribution is 2.35. The number of hydrogen-bond donors (Lipinski definition) is 0. The summed E-state index contributed by atoms with van der Waals surface area (Å²) in [6.45, 7) is 5.81. The molecule has 0 fully saturated rings. The molecular formula is C20H21FN2O. The van der Waals surface area contributed by atoms with Crippen LogP contribution in [-0.4, -0.2) is 25.0 Å². The minimum Gasteiger partial charge on any atom is -0.366 e. The van der Waals surface area contributed by atoms with Gasteiger partial charge in [0.15, 0.2) is 0 Å². The lowest BCUT2D eigenvalue weighted by Gasteiger charge is -2.41. The number of halogens is 1.